The minimum Gasteiger partial charge on any atom is -0.354 e. The maximum Gasteiger partial charge on any atom is 0.325 e. The number of H-pyrrole nitrogens is 3. The van der Waals surface area contributed by atoms with E-state index in [1.165, 1.54) is 10.9 Å². The zero-order chi connectivity index (χ0) is 20.5. The van der Waals surface area contributed by atoms with Gasteiger partial charge in [-0.25, -0.2) is 4.79 Å². The topological polar surface area (TPSA) is 111 Å². The minimum absolute atomic E-state index is 0.140. The fraction of sp³-hybridized carbons (Fsp3) is 0.227. The number of rotatable bonds is 5. The number of carbonyl (C=O) groups is 1. The van der Waals surface area contributed by atoms with Gasteiger partial charge >= 0.3 is 5.69 Å². The summed E-state index contributed by atoms with van der Waals surface area (Å²) < 4.78 is 0. The number of para-hydroxylation sites is 1. The quantitative estimate of drug-likeness (QED) is 0.420. The average molecular weight is 390 g/mol. The lowest BCUT2D eigenvalue weighted by atomic mass is 10.1. The summed E-state index contributed by atoms with van der Waals surface area (Å²) in [6.07, 6.45) is 1.33. The van der Waals surface area contributed by atoms with Crippen LogP contribution in [0.5, 0.6) is 0 Å². The van der Waals surface area contributed by atoms with Crippen LogP contribution >= 0.6 is 0 Å². The molecule has 0 spiro atoms. The molecule has 29 heavy (non-hydrogen) atoms. The Labute approximate surface area is 166 Å². The van der Waals surface area contributed by atoms with Crippen molar-refractivity contribution in [1.29, 1.82) is 0 Å². The normalized spacial score (nSPS) is 11.2. The number of amides is 1. The highest BCUT2D eigenvalue weighted by molar-refractivity contribution is 6.09. The molecule has 1 amide bonds. The van der Waals surface area contributed by atoms with E-state index in [1.807, 2.05) is 18.2 Å². The number of hydrogen-bond acceptors (Lipinski definition) is 3. The van der Waals surface area contributed by atoms with Crippen molar-refractivity contribution in [3.05, 3.63) is 74.1 Å². The molecular weight excluding hydrogens is 368 g/mol. The molecule has 0 aliphatic heterocycles. The Balaban J connectivity index is 1.53. The van der Waals surface area contributed by atoms with Crippen molar-refractivity contribution >= 4 is 33.4 Å². The third kappa shape index (κ3) is 3.59. The summed E-state index contributed by atoms with van der Waals surface area (Å²) in [5.41, 5.74) is 3.94. The molecule has 2 aromatic heterocycles. The van der Waals surface area contributed by atoms with Crippen molar-refractivity contribution in [2.45, 2.75) is 33.1 Å². The van der Waals surface area contributed by atoms with E-state index in [1.54, 1.807) is 6.92 Å². The first-order valence-corrected chi connectivity index (χ1v) is 9.61. The third-order valence-electron chi connectivity index (χ3n) is 5.24. The number of aromatic amines is 3. The van der Waals surface area contributed by atoms with Crippen molar-refractivity contribution in [2.75, 3.05) is 5.32 Å². The number of benzene rings is 2. The van der Waals surface area contributed by atoms with Gasteiger partial charge in [-0.2, -0.15) is 0 Å². The van der Waals surface area contributed by atoms with E-state index in [9.17, 15) is 14.4 Å². The SMILES string of the molecule is CCc1cccc2c1[nH]c1cc(NC(=O)CCc3c(C)[nH]c(=O)[nH]c3=O)ccc12. The number of fused-ring (bicyclic) bond motifs is 3. The van der Waals surface area contributed by atoms with Gasteiger partial charge in [-0.1, -0.05) is 31.2 Å². The van der Waals surface area contributed by atoms with Gasteiger partial charge < -0.3 is 15.3 Å². The summed E-state index contributed by atoms with van der Waals surface area (Å²) >= 11 is 0. The van der Waals surface area contributed by atoms with Gasteiger partial charge in [0.15, 0.2) is 0 Å². The van der Waals surface area contributed by atoms with Crippen LogP contribution < -0.4 is 16.6 Å². The number of aryl methyl sites for hydroxylation is 2. The number of nitrogens with one attached hydrogen (secondary N) is 4. The molecule has 4 aromatic rings. The molecule has 0 atom stereocenters. The summed E-state index contributed by atoms with van der Waals surface area (Å²) in [6.45, 7) is 3.78. The average Bonchev–Trinajstić information content (AvgIpc) is 3.04. The Hall–Kier alpha value is -3.61. The van der Waals surface area contributed by atoms with Crippen LogP contribution in [0.3, 0.4) is 0 Å². The molecule has 0 saturated carbocycles. The highest BCUT2D eigenvalue weighted by Gasteiger charge is 2.11. The molecule has 0 aliphatic carbocycles. The minimum atomic E-state index is -0.543. The van der Waals surface area contributed by atoms with E-state index in [4.69, 9.17) is 0 Å². The van der Waals surface area contributed by atoms with E-state index in [0.717, 1.165) is 22.8 Å². The predicted octanol–water partition coefficient (Wildman–Crippen LogP) is 3.14. The van der Waals surface area contributed by atoms with E-state index >= 15 is 0 Å². The molecule has 0 bridgehead atoms. The highest BCUT2D eigenvalue weighted by Crippen LogP contribution is 2.29. The fourth-order valence-electron chi connectivity index (χ4n) is 3.75. The van der Waals surface area contributed by atoms with Gasteiger partial charge in [-0.05, 0) is 37.5 Å². The van der Waals surface area contributed by atoms with Crippen LogP contribution in [0.25, 0.3) is 21.8 Å². The van der Waals surface area contributed by atoms with Gasteiger partial charge in [0.1, 0.15) is 0 Å². The summed E-state index contributed by atoms with van der Waals surface area (Å²) in [7, 11) is 0. The van der Waals surface area contributed by atoms with Crippen LogP contribution in [0.2, 0.25) is 0 Å². The van der Waals surface area contributed by atoms with Crippen LogP contribution in [0.4, 0.5) is 5.69 Å². The van der Waals surface area contributed by atoms with E-state index in [-0.39, 0.29) is 18.7 Å². The summed E-state index contributed by atoms with van der Waals surface area (Å²) in [6, 6.07) is 12.1. The largest absolute Gasteiger partial charge is 0.354 e. The van der Waals surface area contributed by atoms with Crippen molar-refractivity contribution in [3.8, 4) is 0 Å². The summed E-state index contributed by atoms with van der Waals surface area (Å²) in [4.78, 5) is 43.7. The number of anilines is 1. The Morgan fingerprint density at radius 2 is 1.86 bits per heavy atom. The lowest BCUT2D eigenvalue weighted by Gasteiger charge is -2.06. The molecule has 0 aliphatic rings. The molecule has 0 fully saturated rings. The van der Waals surface area contributed by atoms with Crippen molar-refractivity contribution in [3.63, 3.8) is 0 Å². The third-order valence-corrected chi connectivity index (χ3v) is 5.24. The highest BCUT2D eigenvalue weighted by atomic mass is 16.2. The molecule has 148 valence electrons. The Morgan fingerprint density at radius 1 is 1.03 bits per heavy atom. The van der Waals surface area contributed by atoms with Crippen LogP contribution in [0, 0.1) is 6.92 Å². The van der Waals surface area contributed by atoms with Gasteiger partial charge in [0, 0.05) is 45.2 Å². The molecule has 7 nitrogen and oxygen atoms in total. The molecule has 0 saturated heterocycles. The number of aromatic nitrogens is 3. The Morgan fingerprint density at radius 3 is 2.62 bits per heavy atom. The van der Waals surface area contributed by atoms with E-state index < -0.39 is 11.2 Å². The van der Waals surface area contributed by atoms with Gasteiger partial charge in [-0.3, -0.25) is 14.6 Å². The first-order valence-electron chi connectivity index (χ1n) is 9.61. The standard InChI is InChI=1S/C22H22N4O3/c1-3-13-5-4-6-17-16-8-7-14(11-18(16)25-20(13)17)24-19(27)10-9-15-12(2)23-22(29)26-21(15)28/h4-8,11,25H,3,9-10H2,1-2H3,(H,24,27)(H2,23,26,28,29). The first-order chi connectivity index (χ1) is 14.0. The lowest BCUT2D eigenvalue weighted by molar-refractivity contribution is -0.116. The Kier molecular flexibility index (Phi) is 4.80. The van der Waals surface area contributed by atoms with Gasteiger partial charge in [0.25, 0.3) is 5.56 Å². The number of hydrogen-bond donors (Lipinski definition) is 4. The maximum atomic E-state index is 12.4. The summed E-state index contributed by atoms with van der Waals surface area (Å²) in [5, 5.41) is 5.17. The van der Waals surface area contributed by atoms with Gasteiger partial charge in [0.2, 0.25) is 5.91 Å². The number of carbonyl (C=O) groups excluding carboxylic acids is 1. The van der Waals surface area contributed by atoms with E-state index in [0.29, 0.717) is 16.9 Å². The monoisotopic (exact) mass is 390 g/mol. The maximum absolute atomic E-state index is 12.4. The Bertz CT molecular complexity index is 1340. The molecule has 2 heterocycles. The second-order valence-corrected chi connectivity index (χ2v) is 7.14. The second kappa shape index (κ2) is 7.43. The van der Waals surface area contributed by atoms with Crippen LogP contribution in [-0.4, -0.2) is 20.9 Å². The molecule has 0 radical (unpaired) electrons. The van der Waals surface area contributed by atoms with Gasteiger partial charge in [0.05, 0.1) is 0 Å². The molecule has 4 rings (SSSR count). The molecule has 0 unspecified atom stereocenters. The zero-order valence-electron chi connectivity index (χ0n) is 16.3. The second-order valence-electron chi connectivity index (χ2n) is 7.14. The zero-order valence-corrected chi connectivity index (χ0v) is 16.3. The van der Waals surface area contributed by atoms with Gasteiger partial charge in [-0.15, -0.1) is 0 Å². The molecule has 2 aromatic carbocycles. The van der Waals surface area contributed by atoms with E-state index in [2.05, 4.69) is 45.4 Å². The van der Waals surface area contributed by atoms with Crippen LogP contribution in [-0.2, 0) is 17.6 Å². The smallest absolute Gasteiger partial charge is 0.325 e. The fourth-order valence-corrected chi connectivity index (χ4v) is 3.75. The van der Waals surface area contributed by atoms with Crippen molar-refractivity contribution in [1.82, 2.24) is 15.0 Å². The molecule has 7 heteroatoms. The molecular formula is C22H22N4O3. The predicted molar refractivity (Wildman–Crippen MR) is 115 cm³/mol. The molecule has 4 N–H and O–H groups in total. The first kappa shape index (κ1) is 18.7. The lowest BCUT2D eigenvalue weighted by Crippen LogP contribution is -2.27. The van der Waals surface area contributed by atoms with Crippen molar-refractivity contribution in [2.24, 2.45) is 0 Å². The van der Waals surface area contributed by atoms with Crippen molar-refractivity contribution < 1.29 is 4.79 Å². The van der Waals surface area contributed by atoms with Crippen LogP contribution in [0.1, 0.15) is 30.2 Å². The van der Waals surface area contributed by atoms with Crippen LogP contribution in [0.15, 0.2) is 46.0 Å². The summed E-state index contributed by atoms with van der Waals surface area (Å²) in [5.74, 6) is -0.195.